The molecule has 3 heterocycles. The van der Waals surface area contributed by atoms with Crippen LogP contribution in [0.25, 0.3) is 11.0 Å². The molecule has 5 rings (SSSR count). The van der Waals surface area contributed by atoms with Gasteiger partial charge in [-0.05, 0) is 43.3 Å². The molecule has 0 aliphatic carbocycles. The number of furan rings is 1. The molecule has 1 amide bonds. The molecule has 0 saturated carbocycles. The van der Waals surface area contributed by atoms with E-state index in [1.54, 1.807) is 37.3 Å². The van der Waals surface area contributed by atoms with Crippen molar-refractivity contribution < 1.29 is 31.8 Å². The third-order valence-corrected chi connectivity index (χ3v) is 8.59. The third-order valence-electron chi connectivity index (χ3n) is 6.46. The lowest BCUT2D eigenvalue weighted by Crippen LogP contribution is -2.47. The molecule has 2 fully saturated rings. The van der Waals surface area contributed by atoms with Crippen LogP contribution in [-0.2, 0) is 19.5 Å². The Morgan fingerprint density at radius 3 is 2.51 bits per heavy atom. The fraction of sp³-hybridized carbons (Fsp3) is 0.375. The summed E-state index contributed by atoms with van der Waals surface area (Å²) in [5.74, 6) is -0.638. The first-order valence-electron chi connectivity index (χ1n) is 11.2. The molecule has 1 spiro atoms. The first-order chi connectivity index (χ1) is 16.7. The van der Waals surface area contributed by atoms with Gasteiger partial charge in [-0.15, -0.1) is 0 Å². The summed E-state index contributed by atoms with van der Waals surface area (Å²) >= 11 is 6.05. The summed E-state index contributed by atoms with van der Waals surface area (Å²) in [6.45, 7) is 3.39. The highest BCUT2D eigenvalue weighted by Crippen LogP contribution is 2.35. The summed E-state index contributed by atoms with van der Waals surface area (Å²) in [6, 6.07) is 9.49. The van der Waals surface area contributed by atoms with Crippen molar-refractivity contribution >= 4 is 44.2 Å². The average Bonchev–Trinajstić information content (AvgIpc) is 3.43. The van der Waals surface area contributed by atoms with Gasteiger partial charge >= 0.3 is 0 Å². The number of anilines is 1. The van der Waals surface area contributed by atoms with Crippen LogP contribution in [0.5, 0.6) is 5.75 Å². The van der Waals surface area contributed by atoms with E-state index in [0.29, 0.717) is 72.1 Å². The van der Waals surface area contributed by atoms with Gasteiger partial charge in [0.25, 0.3) is 5.91 Å². The van der Waals surface area contributed by atoms with Crippen molar-refractivity contribution in [2.75, 3.05) is 38.7 Å². The number of halogens is 1. The zero-order chi connectivity index (χ0) is 24.8. The van der Waals surface area contributed by atoms with E-state index in [4.69, 9.17) is 30.2 Å². The highest BCUT2D eigenvalue weighted by molar-refractivity contribution is 7.89. The summed E-state index contributed by atoms with van der Waals surface area (Å²) in [5.41, 5.74) is 1.34. The fourth-order valence-corrected chi connectivity index (χ4v) is 6.18. The summed E-state index contributed by atoms with van der Waals surface area (Å²) in [4.78, 5) is 13.1. The number of ether oxygens (including phenoxy) is 3. The van der Waals surface area contributed by atoms with Crippen LogP contribution in [0.1, 0.15) is 29.0 Å². The van der Waals surface area contributed by atoms with Crippen LogP contribution in [0.2, 0.25) is 5.02 Å². The van der Waals surface area contributed by atoms with E-state index in [1.807, 2.05) is 0 Å². The number of methoxy groups -OCH3 is 1. The van der Waals surface area contributed by atoms with Gasteiger partial charge in [-0.2, -0.15) is 4.31 Å². The van der Waals surface area contributed by atoms with Gasteiger partial charge in [-0.25, -0.2) is 8.42 Å². The minimum atomic E-state index is -3.74. The second-order valence-corrected chi connectivity index (χ2v) is 10.9. The molecule has 9 nitrogen and oxygen atoms in total. The standard InChI is InChI=1S/C24H25ClN2O7S/c1-15-18-14-17(35(29,30)27-9-7-24(8-10-27)32-11-12-33-24)4-6-20(18)34-22(15)23(28)26-19-13-16(25)3-5-21(19)31-2/h3-6,13-14H,7-12H2,1-2H3,(H,26,28). The summed E-state index contributed by atoms with van der Waals surface area (Å²) in [7, 11) is -2.25. The largest absolute Gasteiger partial charge is 0.495 e. The molecule has 3 aromatic rings. The number of rotatable bonds is 5. The fourth-order valence-electron chi connectivity index (χ4n) is 4.54. The second-order valence-electron chi connectivity index (χ2n) is 8.52. The van der Waals surface area contributed by atoms with E-state index in [2.05, 4.69) is 5.32 Å². The maximum Gasteiger partial charge on any atom is 0.291 e. The molecule has 11 heteroatoms. The molecule has 2 aliphatic rings. The SMILES string of the molecule is COc1ccc(Cl)cc1NC(=O)c1oc2ccc(S(=O)(=O)N3CCC4(CC3)OCCO4)cc2c1C. The van der Waals surface area contributed by atoms with E-state index in [0.717, 1.165) is 0 Å². The number of piperidine rings is 1. The Bertz CT molecular complexity index is 1390. The minimum absolute atomic E-state index is 0.0759. The highest BCUT2D eigenvalue weighted by atomic mass is 35.5. The molecule has 1 aromatic heterocycles. The van der Waals surface area contributed by atoms with E-state index < -0.39 is 21.7 Å². The maximum absolute atomic E-state index is 13.3. The smallest absolute Gasteiger partial charge is 0.291 e. The van der Waals surface area contributed by atoms with Gasteiger partial charge in [0, 0.05) is 41.9 Å². The van der Waals surface area contributed by atoms with E-state index >= 15 is 0 Å². The molecule has 0 bridgehead atoms. The number of amides is 1. The molecule has 2 aromatic carbocycles. The molecule has 186 valence electrons. The van der Waals surface area contributed by atoms with Gasteiger partial charge < -0.3 is 23.9 Å². The predicted molar refractivity (Wildman–Crippen MR) is 130 cm³/mol. The Hall–Kier alpha value is -2.63. The van der Waals surface area contributed by atoms with Gasteiger partial charge in [0.1, 0.15) is 11.3 Å². The van der Waals surface area contributed by atoms with Gasteiger partial charge in [0.15, 0.2) is 11.5 Å². The third kappa shape index (κ3) is 4.41. The monoisotopic (exact) mass is 520 g/mol. The molecule has 1 N–H and O–H groups in total. The number of nitrogens with one attached hydrogen (secondary N) is 1. The molecule has 35 heavy (non-hydrogen) atoms. The Kier molecular flexibility index (Phi) is 6.27. The van der Waals surface area contributed by atoms with Crippen molar-refractivity contribution in [3.63, 3.8) is 0 Å². The number of aryl methyl sites for hydroxylation is 1. The van der Waals surface area contributed by atoms with Crippen molar-refractivity contribution in [1.29, 1.82) is 0 Å². The van der Waals surface area contributed by atoms with Crippen LogP contribution in [0.15, 0.2) is 45.7 Å². The van der Waals surface area contributed by atoms with Crippen LogP contribution >= 0.6 is 11.6 Å². The van der Waals surface area contributed by atoms with Crippen LogP contribution in [0.3, 0.4) is 0 Å². The first-order valence-corrected chi connectivity index (χ1v) is 13.0. The zero-order valence-electron chi connectivity index (χ0n) is 19.3. The molecular formula is C24H25ClN2O7S. The first kappa shape index (κ1) is 24.1. The number of fused-ring (bicyclic) bond motifs is 1. The van der Waals surface area contributed by atoms with Gasteiger partial charge in [-0.3, -0.25) is 4.79 Å². The number of hydrogen-bond donors (Lipinski definition) is 1. The molecular weight excluding hydrogens is 496 g/mol. The minimum Gasteiger partial charge on any atom is -0.495 e. The van der Waals surface area contributed by atoms with Crippen molar-refractivity contribution in [2.24, 2.45) is 0 Å². The van der Waals surface area contributed by atoms with Gasteiger partial charge in [0.05, 0.1) is 30.9 Å². The van der Waals surface area contributed by atoms with Crippen molar-refractivity contribution in [2.45, 2.75) is 30.4 Å². The topological polar surface area (TPSA) is 107 Å². The molecule has 0 atom stereocenters. The molecule has 0 radical (unpaired) electrons. The number of carbonyl (C=O) groups is 1. The molecule has 2 aliphatic heterocycles. The zero-order valence-corrected chi connectivity index (χ0v) is 20.9. The van der Waals surface area contributed by atoms with Gasteiger partial charge in [-0.1, -0.05) is 11.6 Å². The molecule has 0 unspecified atom stereocenters. The lowest BCUT2D eigenvalue weighted by atomic mass is 10.1. The Balaban J connectivity index is 1.40. The van der Waals surface area contributed by atoms with Crippen LogP contribution in [-0.4, -0.2) is 57.8 Å². The van der Waals surface area contributed by atoms with Crippen LogP contribution in [0.4, 0.5) is 5.69 Å². The number of nitrogens with zero attached hydrogens (tertiary/aromatic N) is 1. The van der Waals surface area contributed by atoms with Crippen LogP contribution < -0.4 is 10.1 Å². The van der Waals surface area contributed by atoms with Crippen molar-refractivity contribution in [3.05, 3.63) is 52.7 Å². The van der Waals surface area contributed by atoms with Crippen LogP contribution in [0, 0.1) is 6.92 Å². The Morgan fingerprint density at radius 1 is 1.11 bits per heavy atom. The Labute approximate surface area is 207 Å². The second kappa shape index (κ2) is 9.11. The quantitative estimate of drug-likeness (QED) is 0.537. The van der Waals surface area contributed by atoms with E-state index in [1.165, 1.54) is 17.5 Å². The number of sulfonamides is 1. The Morgan fingerprint density at radius 2 is 1.83 bits per heavy atom. The average molecular weight is 521 g/mol. The van der Waals surface area contributed by atoms with Crippen molar-refractivity contribution in [3.8, 4) is 5.75 Å². The summed E-state index contributed by atoms with van der Waals surface area (Å²) in [6.07, 6.45) is 0.965. The number of carbonyl (C=O) groups excluding carboxylic acids is 1. The lowest BCUT2D eigenvalue weighted by Gasteiger charge is -2.36. The normalized spacial score (nSPS) is 18.3. The number of hydrogen-bond acceptors (Lipinski definition) is 7. The summed E-state index contributed by atoms with van der Waals surface area (Å²) < 4.78 is 50.6. The number of benzene rings is 2. The van der Waals surface area contributed by atoms with Crippen molar-refractivity contribution in [1.82, 2.24) is 4.31 Å². The maximum atomic E-state index is 13.3. The van der Waals surface area contributed by atoms with E-state index in [-0.39, 0.29) is 10.7 Å². The highest BCUT2D eigenvalue weighted by Gasteiger charge is 2.42. The summed E-state index contributed by atoms with van der Waals surface area (Å²) in [5, 5.41) is 3.73. The lowest BCUT2D eigenvalue weighted by molar-refractivity contribution is -0.179. The van der Waals surface area contributed by atoms with Gasteiger partial charge in [0.2, 0.25) is 10.0 Å². The molecule has 2 saturated heterocycles. The van der Waals surface area contributed by atoms with E-state index in [9.17, 15) is 13.2 Å². The predicted octanol–water partition coefficient (Wildman–Crippen LogP) is 4.18.